The smallest absolute Gasteiger partial charge is 0.168 e. The van der Waals surface area contributed by atoms with Gasteiger partial charge in [0.25, 0.3) is 0 Å². The molecule has 2 aromatic rings. The highest BCUT2D eigenvalue weighted by Crippen LogP contribution is 2.19. The number of imidazole rings is 1. The van der Waals surface area contributed by atoms with Crippen molar-refractivity contribution in [3.8, 4) is 5.69 Å². The highest BCUT2D eigenvalue weighted by molar-refractivity contribution is 7.80. The molecule has 0 aliphatic heterocycles. The van der Waals surface area contributed by atoms with Crippen LogP contribution in [-0.4, -0.2) is 14.7 Å². The minimum atomic E-state index is 0.272. The number of hydrogen-bond donors (Lipinski definition) is 2. The van der Waals surface area contributed by atoms with Crippen molar-refractivity contribution in [1.82, 2.24) is 9.55 Å². The fraction of sp³-hybridized carbons (Fsp3) is 0.231. The van der Waals surface area contributed by atoms with E-state index >= 15 is 0 Å². The minimum absolute atomic E-state index is 0.272. The number of nitrogens with zero attached hydrogens (tertiary/aromatic N) is 2. The first-order chi connectivity index (χ1) is 8.58. The van der Waals surface area contributed by atoms with Crippen molar-refractivity contribution in [2.45, 2.75) is 19.8 Å². The molecule has 1 heterocycles. The molecule has 4 nitrogen and oxygen atoms in total. The summed E-state index contributed by atoms with van der Waals surface area (Å²) in [7, 11) is 0. The van der Waals surface area contributed by atoms with Crippen LogP contribution in [-0.2, 0) is 0 Å². The van der Waals surface area contributed by atoms with Gasteiger partial charge in [-0.25, -0.2) is 4.98 Å². The van der Waals surface area contributed by atoms with Crippen molar-refractivity contribution in [1.29, 1.82) is 0 Å². The van der Waals surface area contributed by atoms with Gasteiger partial charge in [-0.05, 0) is 36.5 Å². The summed E-state index contributed by atoms with van der Waals surface area (Å²) in [5.74, 6) is 1.43. The zero-order valence-electron chi connectivity index (χ0n) is 10.4. The van der Waals surface area contributed by atoms with E-state index in [0.717, 1.165) is 17.2 Å². The molecule has 94 valence electrons. The second-order valence-electron chi connectivity index (χ2n) is 4.35. The zero-order valence-corrected chi connectivity index (χ0v) is 11.2. The van der Waals surface area contributed by atoms with Crippen molar-refractivity contribution in [2.24, 2.45) is 5.73 Å². The van der Waals surface area contributed by atoms with Crippen LogP contribution in [0.5, 0.6) is 0 Å². The molecule has 0 fully saturated rings. The Morgan fingerprint density at radius 2 is 2.00 bits per heavy atom. The monoisotopic (exact) mass is 260 g/mol. The molecule has 0 bridgehead atoms. The maximum Gasteiger partial charge on any atom is 0.168 e. The molecule has 0 amide bonds. The van der Waals surface area contributed by atoms with E-state index in [2.05, 4.69) is 28.7 Å². The number of nitrogens with one attached hydrogen (secondary N) is 1. The second-order valence-corrected chi connectivity index (χ2v) is 4.79. The van der Waals surface area contributed by atoms with Crippen LogP contribution in [0.1, 0.15) is 25.6 Å². The second kappa shape index (κ2) is 5.18. The van der Waals surface area contributed by atoms with Crippen molar-refractivity contribution in [3.63, 3.8) is 0 Å². The number of aromatic nitrogens is 2. The molecular formula is C13H16N4S. The highest BCUT2D eigenvalue weighted by Gasteiger charge is 2.08. The Balaban J connectivity index is 2.29. The van der Waals surface area contributed by atoms with Crippen LogP contribution < -0.4 is 11.1 Å². The third-order valence-electron chi connectivity index (χ3n) is 2.60. The quantitative estimate of drug-likeness (QED) is 0.833. The van der Waals surface area contributed by atoms with Crippen LogP contribution in [0.3, 0.4) is 0 Å². The molecule has 0 radical (unpaired) electrons. The van der Waals surface area contributed by atoms with Gasteiger partial charge < -0.3 is 15.6 Å². The van der Waals surface area contributed by atoms with Crippen molar-refractivity contribution >= 4 is 23.0 Å². The average Bonchev–Trinajstić information content (AvgIpc) is 2.78. The van der Waals surface area contributed by atoms with E-state index in [-0.39, 0.29) is 5.11 Å². The van der Waals surface area contributed by atoms with Crippen LogP contribution in [0.2, 0.25) is 0 Å². The molecule has 3 N–H and O–H groups in total. The minimum Gasteiger partial charge on any atom is -0.376 e. The lowest BCUT2D eigenvalue weighted by molar-refractivity contribution is 0.752. The van der Waals surface area contributed by atoms with Crippen LogP contribution >= 0.6 is 12.2 Å². The summed E-state index contributed by atoms with van der Waals surface area (Å²) >= 11 is 4.80. The number of benzene rings is 1. The lowest BCUT2D eigenvalue weighted by Gasteiger charge is -2.11. The molecule has 0 saturated carbocycles. The molecule has 0 aliphatic carbocycles. The Labute approximate surface area is 112 Å². The van der Waals surface area contributed by atoms with E-state index in [9.17, 15) is 0 Å². The Kier molecular flexibility index (Phi) is 3.62. The summed E-state index contributed by atoms with van der Waals surface area (Å²) in [5, 5.41) is 3.17. The van der Waals surface area contributed by atoms with Crippen LogP contribution in [0.4, 0.5) is 5.69 Å². The normalized spacial score (nSPS) is 10.6. The van der Waals surface area contributed by atoms with Gasteiger partial charge in [0.05, 0.1) is 0 Å². The summed E-state index contributed by atoms with van der Waals surface area (Å²) in [4.78, 5) is 4.37. The summed E-state index contributed by atoms with van der Waals surface area (Å²) in [6.07, 6.45) is 3.78. The molecule has 18 heavy (non-hydrogen) atoms. The van der Waals surface area contributed by atoms with E-state index in [1.165, 1.54) is 0 Å². The number of rotatable bonds is 3. The molecule has 0 spiro atoms. The summed E-state index contributed by atoms with van der Waals surface area (Å²) in [6, 6.07) is 7.90. The van der Waals surface area contributed by atoms with Gasteiger partial charge >= 0.3 is 0 Å². The number of thiocarbonyl (C=S) groups is 1. The largest absolute Gasteiger partial charge is 0.376 e. The van der Waals surface area contributed by atoms with Gasteiger partial charge in [-0.15, -0.1) is 0 Å². The first kappa shape index (κ1) is 12.6. The maximum atomic E-state index is 5.43. The van der Waals surface area contributed by atoms with Gasteiger partial charge in [0.15, 0.2) is 5.11 Å². The Morgan fingerprint density at radius 1 is 1.33 bits per heavy atom. The standard InChI is InChI=1S/C13H16N4S/c1-9(2)12-15-7-8-17(12)11-5-3-10(4-6-11)16-13(14)18/h3-9H,1-2H3,(H3,14,16,18). The lowest BCUT2D eigenvalue weighted by Crippen LogP contribution is -2.18. The first-order valence-corrected chi connectivity index (χ1v) is 6.19. The van der Waals surface area contributed by atoms with Crippen LogP contribution in [0.15, 0.2) is 36.7 Å². The summed E-state index contributed by atoms with van der Waals surface area (Å²) < 4.78 is 2.08. The number of anilines is 1. The van der Waals surface area contributed by atoms with E-state index in [1.807, 2.05) is 36.7 Å². The van der Waals surface area contributed by atoms with E-state index in [1.54, 1.807) is 0 Å². The molecule has 0 saturated heterocycles. The molecule has 1 aromatic heterocycles. The average molecular weight is 260 g/mol. The predicted molar refractivity (Wildman–Crippen MR) is 78.1 cm³/mol. The third-order valence-corrected chi connectivity index (χ3v) is 2.70. The number of nitrogens with two attached hydrogens (primary N) is 1. The summed E-state index contributed by atoms with van der Waals surface area (Å²) in [6.45, 7) is 4.25. The van der Waals surface area contributed by atoms with Crippen LogP contribution in [0, 0.1) is 0 Å². The van der Waals surface area contributed by atoms with Crippen molar-refractivity contribution < 1.29 is 0 Å². The highest BCUT2D eigenvalue weighted by atomic mass is 32.1. The van der Waals surface area contributed by atoms with Crippen molar-refractivity contribution in [2.75, 3.05) is 5.32 Å². The molecule has 5 heteroatoms. The van der Waals surface area contributed by atoms with Gasteiger partial charge in [-0.2, -0.15) is 0 Å². The van der Waals surface area contributed by atoms with E-state index < -0.39 is 0 Å². The molecule has 1 aromatic carbocycles. The summed E-state index contributed by atoms with van der Waals surface area (Å²) in [5.41, 5.74) is 7.39. The fourth-order valence-corrected chi connectivity index (χ4v) is 1.93. The van der Waals surface area contributed by atoms with Gasteiger partial charge in [0.2, 0.25) is 0 Å². The third kappa shape index (κ3) is 2.68. The van der Waals surface area contributed by atoms with E-state index in [0.29, 0.717) is 5.92 Å². The Bertz CT molecular complexity index is 542. The topological polar surface area (TPSA) is 55.9 Å². The van der Waals surface area contributed by atoms with Gasteiger partial charge in [0.1, 0.15) is 5.82 Å². The molecule has 0 unspecified atom stereocenters. The van der Waals surface area contributed by atoms with E-state index in [4.69, 9.17) is 18.0 Å². The van der Waals surface area contributed by atoms with Gasteiger partial charge in [0, 0.05) is 29.7 Å². The van der Waals surface area contributed by atoms with Crippen LogP contribution in [0.25, 0.3) is 5.69 Å². The first-order valence-electron chi connectivity index (χ1n) is 5.78. The predicted octanol–water partition coefficient (Wildman–Crippen LogP) is 2.65. The molecule has 0 atom stereocenters. The molecule has 2 rings (SSSR count). The number of hydrogen-bond acceptors (Lipinski definition) is 2. The SMILES string of the molecule is CC(C)c1nccn1-c1ccc(NC(N)=S)cc1. The zero-order chi connectivity index (χ0) is 13.1. The Morgan fingerprint density at radius 3 is 2.56 bits per heavy atom. The lowest BCUT2D eigenvalue weighted by atomic mass is 10.2. The fourth-order valence-electron chi connectivity index (χ4n) is 1.81. The molecular weight excluding hydrogens is 244 g/mol. The Hall–Kier alpha value is -1.88. The molecule has 0 aliphatic rings. The van der Waals surface area contributed by atoms with Gasteiger partial charge in [-0.1, -0.05) is 13.8 Å². The van der Waals surface area contributed by atoms with Crippen molar-refractivity contribution in [3.05, 3.63) is 42.5 Å². The van der Waals surface area contributed by atoms with Gasteiger partial charge in [-0.3, -0.25) is 0 Å². The maximum absolute atomic E-state index is 5.43.